The molecule has 0 saturated heterocycles. The van der Waals surface area contributed by atoms with Gasteiger partial charge in [0.2, 0.25) is 5.78 Å². The van der Waals surface area contributed by atoms with Crippen LogP contribution in [0.2, 0.25) is 5.02 Å². The minimum atomic E-state index is -0.610. The van der Waals surface area contributed by atoms with Crippen LogP contribution in [-0.4, -0.2) is 48.9 Å². The molecule has 2 heterocycles. The van der Waals surface area contributed by atoms with Crippen LogP contribution in [0, 0.1) is 0 Å². The monoisotopic (exact) mass is 405 g/mol. The highest BCUT2D eigenvalue weighted by atomic mass is 35.5. The van der Waals surface area contributed by atoms with Crippen molar-refractivity contribution in [1.29, 1.82) is 0 Å². The summed E-state index contributed by atoms with van der Waals surface area (Å²) in [5, 5.41) is 12.9. The van der Waals surface area contributed by atoms with E-state index in [0.717, 1.165) is 18.5 Å². The lowest BCUT2D eigenvalue weighted by atomic mass is 9.95. The molecule has 0 radical (unpaired) electrons. The van der Waals surface area contributed by atoms with Crippen molar-refractivity contribution in [3.63, 3.8) is 0 Å². The predicted octanol–water partition coefficient (Wildman–Crippen LogP) is 2.51. The second-order valence-electron chi connectivity index (χ2n) is 6.83. The van der Waals surface area contributed by atoms with Crippen LogP contribution in [-0.2, 0) is 4.79 Å². The van der Waals surface area contributed by atoms with E-state index in [9.17, 15) is 14.7 Å². The van der Waals surface area contributed by atoms with Crippen LogP contribution < -0.4 is 4.90 Å². The van der Waals surface area contributed by atoms with Crippen LogP contribution in [0.1, 0.15) is 27.7 Å². The van der Waals surface area contributed by atoms with Crippen LogP contribution in [0.15, 0.2) is 53.1 Å². The molecule has 1 amide bonds. The van der Waals surface area contributed by atoms with Gasteiger partial charge in [0.1, 0.15) is 0 Å². The van der Waals surface area contributed by atoms with Crippen LogP contribution in [0.4, 0.5) is 0 Å². The summed E-state index contributed by atoms with van der Waals surface area (Å²) >= 11 is 7.30. The van der Waals surface area contributed by atoms with Crippen molar-refractivity contribution in [2.75, 3.05) is 27.2 Å². The first kappa shape index (κ1) is 19.6. The summed E-state index contributed by atoms with van der Waals surface area (Å²) < 4.78 is 0. The Balaban J connectivity index is 1.99. The van der Waals surface area contributed by atoms with Gasteiger partial charge in [-0.3, -0.25) is 9.59 Å². The Kier molecular flexibility index (Phi) is 5.99. The summed E-state index contributed by atoms with van der Waals surface area (Å²) in [6, 6.07) is 9.92. The zero-order valence-electron chi connectivity index (χ0n) is 15.2. The second kappa shape index (κ2) is 8.25. The van der Waals surface area contributed by atoms with Gasteiger partial charge in [-0.15, -0.1) is 11.3 Å². The van der Waals surface area contributed by atoms with Crippen molar-refractivity contribution in [2.24, 2.45) is 0 Å². The number of nitrogens with zero attached hydrogens (tertiary/aromatic N) is 1. The minimum absolute atomic E-state index is 0.141. The van der Waals surface area contributed by atoms with E-state index in [2.05, 4.69) is 0 Å². The van der Waals surface area contributed by atoms with Gasteiger partial charge in [0.25, 0.3) is 5.91 Å². The molecule has 3 rings (SSSR count). The Hall–Kier alpha value is -2.15. The normalized spacial score (nSPS) is 17.3. The van der Waals surface area contributed by atoms with Crippen LogP contribution in [0.5, 0.6) is 0 Å². The maximum absolute atomic E-state index is 13.0. The zero-order valence-corrected chi connectivity index (χ0v) is 16.8. The molecule has 1 aliphatic heterocycles. The molecule has 1 atom stereocenters. The maximum atomic E-state index is 13.0. The first-order valence-electron chi connectivity index (χ1n) is 8.77. The third kappa shape index (κ3) is 4.08. The van der Waals surface area contributed by atoms with Crippen molar-refractivity contribution in [1.82, 2.24) is 4.90 Å². The molecular formula is C20H22ClN2O3S+. The number of thiophene rings is 1. The van der Waals surface area contributed by atoms with Crippen LogP contribution >= 0.6 is 22.9 Å². The van der Waals surface area contributed by atoms with Crippen LogP contribution in [0.3, 0.4) is 0 Å². The van der Waals surface area contributed by atoms with Gasteiger partial charge >= 0.3 is 0 Å². The smallest absolute Gasteiger partial charge is 0.290 e. The number of carbonyl (C=O) groups is 2. The lowest BCUT2D eigenvalue weighted by Gasteiger charge is -2.27. The number of aliphatic hydroxyl groups excluding tert-OH is 1. The molecule has 5 nitrogen and oxygen atoms in total. The lowest BCUT2D eigenvalue weighted by molar-refractivity contribution is -0.858. The number of halogens is 1. The van der Waals surface area contributed by atoms with Gasteiger partial charge in [0, 0.05) is 18.0 Å². The van der Waals surface area contributed by atoms with Crippen molar-refractivity contribution in [2.45, 2.75) is 12.5 Å². The number of aliphatic hydroxyl groups is 1. The highest BCUT2D eigenvalue weighted by Gasteiger charge is 2.43. The SMILES string of the molecule is C[NH+](C)CCCN1C(=O)C(O)=C(C(=O)c2cccs2)[C@H]1c1ccc(Cl)cc1. The number of quaternary nitrogens is 1. The summed E-state index contributed by atoms with van der Waals surface area (Å²) in [6.45, 7) is 1.34. The van der Waals surface area contributed by atoms with E-state index in [1.54, 1.807) is 46.7 Å². The standard InChI is InChI=1S/C20H21ClN2O3S/c1-22(2)10-4-11-23-17(13-6-8-14(21)9-7-13)16(19(25)20(23)26)18(24)15-5-3-12-27-15/h3,5-9,12,17,25H,4,10-11H2,1-2H3/p+1/t17-/m1/s1. The van der Waals surface area contributed by atoms with Gasteiger partial charge < -0.3 is 14.9 Å². The molecule has 1 aromatic carbocycles. The van der Waals surface area contributed by atoms with Gasteiger partial charge in [-0.05, 0) is 29.1 Å². The molecule has 27 heavy (non-hydrogen) atoms. The molecule has 0 fully saturated rings. The molecule has 1 aliphatic rings. The topological polar surface area (TPSA) is 62.1 Å². The molecule has 1 aromatic heterocycles. The summed E-state index contributed by atoms with van der Waals surface area (Å²) in [6.07, 6.45) is 0.770. The van der Waals surface area contributed by atoms with Crippen molar-refractivity contribution < 1.29 is 19.6 Å². The van der Waals surface area contributed by atoms with Crippen molar-refractivity contribution in [3.8, 4) is 0 Å². The molecule has 142 valence electrons. The van der Waals surface area contributed by atoms with Gasteiger partial charge in [0.05, 0.1) is 37.1 Å². The number of carbonyl (C=O) groups excluding carboxylic acids is 2. The number of benzene rings is 1. The molecule has 0 aliphatic carbocycles. The minimum Gasteiger partial charge on any atom is -0.503 e. The Morgan fingerprint density at radius 2 is 1.96 bits per heavy atom. The fraction of sp³-hybridized carbons (Fsp3) is 0.300. The first-order valence-corrected chi connectivity index (χ1v) is 10.0. The number of hydrogen-bond acceptors (Lipinski definition) is 4. The number of Topliss-reactive ketones (excluding diaryl/α,β-unsaturated/α-hetero) is 1. The summed E-state index contributed by atoms with van der Waals surface area (Å²) in [5.41, 5.74) is 0.899. The van der Waals surface area contributed by atoms with Crippen molar-refractivity contribution in [3.05, 3.63) is 68.6 Å². The fourth-order valence-corrected chi connectivity index (χ4v) is 4.06. The van der Waals surface area contributed by atoms with Gasteiger partial charge in [-0.25, -0.2) is 0 Å². The number of rotatable bonds is 7. The third-order valence-electron chi connectivity index (χ3n) is 4.55. The largest absolute Gasteiger partial charge is 0.503 e. The second-order valence-corrected chi connectivity index (χ2v) is 8.22. The van der Waals surface area contributed by atoms with Gasteiger partial charge in [-0.2, -0.15) is 0 Å². The Labute approximate surface area is 167 Å². The Morgan fingerprint density at radius 3 is 2.56 bits per heavy atom. The van der Waals surface area contributed by atoms with Gasteiger partial charge in [-0.1, -0.05) is 29.8 Å². The average Bonchev–Trinajstić information content (AvgIpc) is 3.25. The molecule has 2 aromatic rings. The highest BCUT2D eigenvalue weighted by Crippen LogP contribution is 2.39. The molecule has 0 unspecified atom stereocenters. The molecular weight excluding hydrogens is 384 g/mol. The summed E-state index contributed by atoms with van der Waals surface area (Å²) in [7, 11) is 4.09. The average molecular weight is 406 g/mol. The fourth-order valence-electron chi connectivity index (χ4n) is 3.25. The van der Waals surface area contributed by atoms with E-state index in [0.29, 0.717) is 16.4 Å². The molecule has 2 N–H and O–H groups in total. The van der Waals surface area contributed by atoms with Crippen molar-refractivity contribution >= 4 is 34.6 Å². The lowest BCUT2D eigenvalue weighted by Crippen LogP contribution is -3.05. The molecule has 0 saturated carbocycles. The van der Waals surface area contributed by atoms with E-state index in [1.165, 1.54) is 16.2 Å². The maximum Gasteiger partial charge on any atom is 0.290 e. The van der Waals surface area contributed by atoms with Gasteiger partial charge in [0.15, 0.2) is 5.76 Å². The first-order chi connectivity index (χ1) is 12.9. The van der Waals surface area contributed by atoms with E-state index >= 15 is 0 Å². The highest BCUT2D eigenvalue weighted by molar-refractivity contribution is 7.12. The quantitative estimate of drug-likeness (QED) is 0.696. The Bertz CT molecular complexity index is 860. The zero-order chi connectivity index (χ0) is 19.6. The number of nitrogens with one attached hydrogen (secondary N) is 1. The number of ketones is 1. The predicted molar refractivity (Wildman–Crippen MR) is 107 cm³/mol. The molecule has 7 heteroatoms. The third-order valence-corrected chi connectivity index (χ3v) is 5.68. The van der Waals surface area contributed by atoms with E-state index < -0.39 is 17.7 Å². The Morgan fingerprint density at radius 1 is 1.26 bits per heavy atom. The molecule has 0 spiro atoms. The number of hydrogen-bond donors (Lipinski definition) is 2. The summed E-state index contributed by atoms with van der Waals surface area (Å²) in [4.78, 5) is 29.1. The van der Waals surface area contributed by atoms with E-state index in [1.807, 2.05) is 14.1 Å². The van der Waals surface area contributed by atoms with E-state index in [4.69, 9.17) is 11.6 Å². The van der Waals surface area contributed by atoms with Crippen LogP contribution in [0.25, 0.3) is 0 Å². The summed E-state index contributed by atoms with van der Waals surface area (Å²) in [5.74, 6) is -1.26. The van der Waals surface area contributed by atoms with E-state index in [-0.39, 0.29) is 11.4 Å². The molecule has 0 bridgehead atoms. The number of amides is 1.